The zero-order chi connectivity index (χ0) is 16.8. The van der Waals surface area contributed by atoms with Crippen LogP contribution in [0.1, 0.15) is 34.1 Å². The Morgan fingerprint density at radius 3 is 2.74 bits per heavy atom. The van der Waals surface area contributed by atoms with Crippen molar-refractivity contribution < 1.29 is 29.2 Å². The second kappa shape index (κ2) is 4.36. The van der Waals surface area contributed by atoms with Crippen LogP contribution in [0.2, 0.25) is 0 Å². The molecule has 4 aliphatic rings. The number of carbonyl (C=O) groups excluding carboxylic acids is 1. The van der Waals surface area contributed by atoms with Gasteiger partial charge in [0.15, 0.2) is 0 Å². The molecule has 23 heavy (non-hydrogen) atoms. The summed E-state index contributed by atoms with van der Waals surface area (Å²) in [6, 6.07) is 0. The van der Waals surface area contributed by atoms with Gasteiger partial charge in [-0.1, -0.05) is 19.9 Å². The molecule has 0 aromatic rings. The van der Waals surface area contributed by atoms with E-state index in [9.17, 15) is 15.0 Å². The molecule has 2 heterocycles. The molecule has 0 amide bonds. The lowest BCUT2D eigenvalue weighted by atomic mass is 9.56. The van der Waals surface area contributed by atoms with Gasteiger partial charge in [-0.15, -0.1) is 0 Å². The predicted octanol–water partition coefficient (Wildman–Crippen LogP) is 0.552. The number of carbonyl (C=O) groups is 1. The van der Waals surface area contributed by atoms with Gasteiger partial charge in [0, 0.05) is 18.3 Å². The summed E-state index contributed by atoms with van der Waals surface area (Å²) in [5.41, 5.74) is -0.719. The number of fused-ring (bicyclic) bond motifs is 3. The fourth-order valence-corrected chi connectivity index (χ4v) is 4.86. The molecule has 4 rings (SSSR count). The highest BCUT2D eigenvalue weighted by atomic mass is 16.7. The molecule has 2 aliphatic carbocycles. The summed E-state index contributed by atoms with van der Waals surface area (Å²) in [5.74, 6) is -0.265. The summed E-state index contributed by atoms with van der Waals surface area (Å²) in [6.07, 6.45) is 1.17. The molecule has 8 unspecified atom stereocenters. The maximum atomic E-state index is 11.4. The van der Waals surface area contributed by atoms with Crippen molar-refractivity contribution in [2.75, 3.05) is 6.61 Å². The van der Waals surface area contributed by atoms with Crippen molar-refractivity contribution in [3.05, 3.63) is 11.6 Å². The SMILES string of the molecule is CC(=O)OC1C2OC2C2=CC(O)C3(CC2(C)C1C)OC3(C)CO. The average molecular weight is 324 g/mol. The Kier molecular flexibility index (Phi) is 2.95. The van der Waals surface area contributed by atoms with Crippen LogP contribution in [0.4, 0.5) is 0 Å². The van der Waals surface area contributed by atoms with E-state index in [1.54, 1.807) is 0 Å². The minimum atomic E-state index is -0.767. The van der Waals surface area contributed by atoms with Crippen LogP contribution in [-0.4, -0.2) is 58.4 Å². The van der Waals surface area contributed by atoms with E-state index < -0.39 is 17.3 Å². The Bertz CT molecular complexity index is 602. The van der Waals surface area contributed by atoms with Gasteiger partial charge in [-0.3, -0.25) is 4.79 Å². The van der Waals surface area contributed by atoms with Crippen molar-refractivity contribution in [2.45, 2.75) is 69.7 Å². The zero-order valence-corrected chi connectivity index (χ0v) is 13.9. The number of aliphatic hydroxyl groups is 2. The second-order valence-corrected chi connectivity index (χ2v) is 7.93. The number of ether oxygens (including phenoxy) is 3. The van der Waals surface area contributed by atoms with Crippen LogP contribution in [0, 0.1) is 11.3 Å². The summed E-state index contributed by atoms with van der Waals surface area (Å²) in [4.78, 5) is 11.4. The van der Waals surface area contributed by atoms with Crippen molar-refractivity contribution in [2.24, 2.45) is 11.3 Å². The molecule has 0 aromatic heterocycles. The molecule has 128 valence electrons. The summed E-state index contributed by atoms with van der Waals surface area (Å²) in [7, 11) is 0. The van der Waals surface area contributed by atoms with Crippen LogP contribution in [0.25, 0.3) is 0 Å². The van der Waals surface area contributed by atoms with Gasteiger partial charge in [0.25, 0.3) is 0 Å². The van der Waals surface area contributed by atoms with Gasteiger partial charge in [0.05, 0.1) is 6.61 Å². The van der Waals surface area contributed by atoms with E-state index in [4.69, 9.17) is 14.2 Å². The second-order valence-electron chi connectivity index (χ2n) is 7.93. The molecule has 1 saturated carbocycles. The highest BCUT2D eigenvalue weighted by molar-refractivity contribution is 5.66. The number of aliphatic hydroxyl groups excluding tert-OH is 2. The number of epoxide rings is 2. The van der Waals surface area contributed by atoms with Gasteiger partial charge in [-0.25, -0.2) is 0 Å². The molecule has 1 spiro atoms. The quantitative estimate of drug-likeness (QED) is 0.438. The lowest BCUT2D eigenvalue weighted by Crippen LogP contribution is -2.54. The van der Waals surface area contributed by atoms with E-state index in [1.807, 2.05) is 13.0 Å². The smallest absolute Gasteiger partial charge is 0.303 e. The van der Waals surface area contributed by atoms with Crippen molar-refractivity contribution >= 4 is 5.97 Å². The van der Waals surface area contributed by atoms with Crippen molar-refractivity contribution in [1.29, 1.82) is 0 Å². The fraction of sp³-hybridized carbons (Fsp3) is 0.824. The van der Waals surface area contributed by atoms with Crippen LogP contribution >= 0.6 is 0 Å². The van der Waals surface area contributed by atoms with Gasteiger partial charge < -0.3 is 24.4 Å². The number of hydrogen-bond acceptors (Lipinski definition) is 6. The normalized spacial score (nSPS) is 56.4. The van der Waals surface area contributed by atoms with E-state index >= 15 is 0 Å². The molecule has 2 saturated heterocycles. The zero-order valence-electron chi connectivity index (χ0n) is 13.9. The maximum absolute atomic E-state index is 11.4. The van der Waals surface area contributed by atoms with E-state index in [1.165, 1.54) is 6.92 Å². The van der Waals surface area contributed by atoms with E-state index in [2.05, 4.69) is 13.8 Å². The Balaban J connectivity index is 1.71. The van der Waals surface area contributed by atoms with Crippen LogP contribution in [0.3, 0.4) is 0 Å². The topological polar surface area (TPSA) is 91.8 Å². The first-order chi connectivity index (χ1) is 10.7. The van der Waals surface area contributed by atoms with Crippen LogP contribution < -0.4 is 0 Å². The monoisotopic (exact) mass is 324 g/mol. The molecule has 6 heteroatoms. The molecule has 3 fully saturated rings. The summed E-state index contributed by atoms with van der Waals surface area (Å²) in [5, 5.41) is 20.2. The van der Waals surface area contributed by atoms with E-state index in [0.29, 0.717) is 6.42 Å². The Morgan fingerprint density at radius 2 is 2.17 bits per heavy atom. The molecule has 0 aromatic carbocycles. The predicted molar refractivity (Wildman–Crippen MR) is 79.5 cm³/mol. The first-order valence-electron chi connectivity index (χ1n) is 8.22. The van der Waals surface area contributed by atoms with Crippen molar-refractivity contribution in [1.82, 2.24) is 0 Å². The number of esters is 1. The Morgan fingerprint density at radius 1 is 1.48 bits per heavy atom. The average Bonchev–Trinajstić information content (AvgIpc) is 3.36. The lowest BCUT2D eigenvalue weighted by molar-refractivity contribution is -0.153. The highest BCUT2D eigenvalue weighted by Gasteiger charge is 2.76. The first kappa shape index (κ1) is 15.6. The standard InChI is InChI=1S/C17H24O6/c1-8-12(21-9(2)19)14-13(22-14)10-5-11(20)17(6-15(8,10)3)16(4,7-18)23-17/h5,8,11-14,18,20H,6-7H2,1-4H3. The Labute approximate surface area is 135 Å². The van der Waals surface area contributed by atoms with Crippen LogP contribution in [-0.2, 0) is 19.0 Å². The Hall–Kier alpha value is -0.950. The molecule has 0 bridgehead atoms. The molecule has 0 radical (unpaired) electrons. The van der Waals surface area contributed by atoms with Gasteiger partial charge in [0.1, 0.15) is 35.6 Å². The van der Waals surface area contributed by atoms with Crippen LogP contribution in [0.15, 0.2) is 11.6 Å². The first-order valence-corrected chi connectivity index (χ1v) is 8.22. The van der Waals surface area contributed by atoms with Gasteiger partial charge >= 0.3 is 5.97 Å². The fourth-order valence-electron chi connectivity index (χ4n) is 4.86. The summed E-state index contributed by atoms with van der Waals surface area (Å²) in [6.45, 7) is 7.28. The number of rotatable bonds is 2. The lowest BCUT2D eigenvalue weighted by Gasteiger charge is -2.48. The third-order valence-electron chi connectivity index (χ3n) is 6.62. The molecule has 2 aliphatic heterocycles. The highest BCUT2D eigenvalue weighted by Crippen LogP contribution is 2.66. The van der Waals surface area contributed by atoms with Gasteiger partial charge in [0.2, 0.25) is 0 Å². The molecular formula is C17H24O6. The van der Waals surface area contributed by atoms with E-state index in [0.717, 1.165) is 5.57 Å². The van der Waals surface area contributed by atoms with Gasteiger partial charge in [-0.2, -0.15) is 0 Å². The molecule has 6 nitrogen and oxygen atoms in total. The summed E-state index contributed by atoms with van der Waals surface area (Å²) >= 11 is 0. The largest absolute Gasteiger partial charge is 0.459 e. The molecular weight excluding hydrogens is 300 g/mol. The molecule has 8 atom stereocenters. The number of hydrogen-bond donors (Lipinski definition) is 2. The van der Waals surface area contributed by atoms with E-state index in [-0.39, 0.29) is 42.2 Å². The van der Waals surface area contributed by atoms with Gasteiger partial charge in [-0.05, 0) is 18.9 Å². The summed E-state index contributed by atoms with van der Waals surface area (Å²) < 4.78 is 17.1. The maximum Gasteiger partial charge on any atom is 0.303 e. The third kappa shape index (κ3) is 1.81. The molecule has 2 N–H and O–H groups in total. The van der Waals surface area contributed by atoms with Crippen LogP contribution in [0.5, 0.6) is 0 Å². The van der Waals surface area contributed by atoms with Crippen molar-refractivity contribution in [3.63, 3.8) is 0 Å². The van der Waals surface area contributed by atoms with Crippen molar-refractivity contribution in [3.8, 4) is 0 Å². The minimum Gasteiger partial charge on any atom is -0.459 e. The minimum absolute atomic E-state index is 0.0397. The third-order valence-corrected chi connectivity index (χ3v) is 6.62.